The largest absolute Gasteiger partial charge is 0.513 e. The van der Waals surface area contributed by atoms with Gasteiger partial charge in [-0.05, 0) is 54.1 Å². The van der Waals surface area contributed by atoms with Crippen LogP contribution < -0.4 is 4.74 Å². The first-order valence-corrected chi connectivity index (χ1v) is 5.80. The Hall–Kier alpha value is -0.490. The molecule has 0 saturated heterocycles. The molecule has 1 aromatic rings. The molecule has 0 radical (unpaired) electrons. The van der Waals surface area contributed by atoms with Crippen LogP contribution in [0.15, 0.2) is 12.1 Å². The molecule has 0 bridgehead atoms. The molecule has 0 aliphatic carbocycles. The van der Waals surface area contributed by atoms with Crippen LogP contribution in [0.3, 0.4) is 0 Å². The Kier molecular flexibility index (Phi) is 4.66. The van der Waals surface area contributed by atoms with Gasteiger partial charge in [0.05, 0.1) is 11.6 Å². The van der Waals surface area contributed by atoms with Crippen molar-refractivity contribution in [2.75, 3.05) is 6.61 Å². The number of rotatable bonds is 2. The quantitative estimate of drug-likeness (QED) is 0.467. The third-order valence-electron chi connectivity index (χ3n) is 1.67. The highest BCUT2D eigenvalue weighted by molar-refractivity contribution is 14.1. The fourth-order valence-electron chi connectivity index (χ4n) is 0.975. The van der Waals surface area contributed by atoms with E-state index in [1.807, 2.05) is 6.92 Å². The van der Waals surface area contributed by atoms with Crippen LogP contribution in [0.1, 0.15) is 12.5 Å². The fourth-order valence-corrected chi connectivity index (χ4v) is 1.63. The van der Waals surface area contributed by atoms with Crippen LogP contribution >= 0.6 is 34.2 Å². The van der Waals surface area contributed by atoms with Crippen molar-refractivity contribution in [3.63, 3.8) is 0 Å². The fraction of sp³-hybridized carbons (Fsp3) is 0.300. The van der Waals surface area contributed by atoms with E-state index < -0.39 is 6.16 Å². The molecule has 5 heteroatoms. The van der Waals surface area contributed by atoms with Gasteiger partial charge in [0.25, 0.3) is 0 Å². The predicted octanol–water partition coefficient (Wildman–Crippen LogP) is 3.79. The number of benzene rings is 1. The Labute approximate surface area is 107 Å². The second-order valence-corrected chi connectivity index (χ2v) is 4.39. The van der Waals surface area contributed by atoms with E-state index >= 15 is 0 Å². The summed E-state index contributed by atoms with van der Waals surface area (Å²) in [4.78, 5) is 11.1. The summed E-state index contributed by atoms with van der Waals surface area (Å²) in [7, 11) is 0. The van der Waals surface area contributed by atoms with Crippen molar-refractivity contribution >= 4 is 40.3 Å². The van der Waals surface area contributed by atoms with Crippen molar-refractivity contribution in [1.82, 2.24) is 0 Å². The highest BCUT2D eigenvalue weighted by atomic mass is 127. The van der Waals surface area contributed by atoms with Gasteiger partial charge in [0, 0.05) is 3.57 Å². The first-order valence-electron chi connectivity index (χ1n) is 4.34. The van der Waals surface area contributed by atoms with Gasteiger partial charge < -0.3 is 9.47 Å². The maximum atomic E-state index is 11.1. The van der Waals surface area contributed by atoms with Gasteiger partial charge in [-0.25, -0.2) is 4.79 Å². The van der Waals surface area contributed by atoms with E-state index in [1.165, 1.54) is 0 Å². The van der Waals surface area contributed by atoms with Crippen LogP contribution in [0.5, 0.6) is 5.75 Å². The highest BCUT2D eigenvalue weighted by Gasteiger charge is 2.10. The Bertz CT molecular complexity index is 379. The number of hydrogen-bond donors (Lipinski definition) is 0. The molecule has 0 atom stereocenters. The van der Waals surface area contributed by atoms with Gasteiger partial charge in [-0.2, -0.15) is 0 Å². The first-order chi connectivity index (χ1) is 7.04. The van der Waals surface area contributed by atoms with Crippen molar-refractivity contribution < 1.29 is 14.3 Å². The normalized spacial score (nSPS) is 9.87. The summed E-state index contributed by atoms with van der Waals surface area (Å²) in [5, 5.41) is 0.643. The van der Waals surface area contributed by atoms with Gasteiger partial charge in [0.15, 0.2) is 0 Å². The first kappa shape index (κ1) is 12.6. The minimum atomic E-state index is -0.696. The summed E-state index contributed by atoms with van der Waals surface area (Å²) in [5.74, 6) is 0.474. The van der Waals surface area contributed by atoms with E-state index in [1.54, 1.807) is 19.1 Å². The number of carbonyl (C=O) groups excluding carboxylic acids is 1. The lowest BCUT2D eigenvalue weighted by atomic mass is 10.2. The molecule has 0 fully saturated rings. The molecule has 0 aliphatic heterocycles. The van der Waals surface area contributed by atoms with Crippen molar-refractivity contribution in [3.8, 4) is 5.75 Å². The third kappa shape index (κ3) is 3.53. The molecule has 3 nitrogen and oxygen atoms in total. The number of halogens is 2. The van der Waals surface area contributed by atoms with Gasteiger partial charge in [-0.3, -0.25) is 0 Å². The van der Waals surface area contributed by atoms with Crippen molar-refractivity contribution in [1.29, 1.82) is 0 Å². The third-order valence-corrected chi connectivity index (χ3v) is 3.20. The summed E-state index contributed by atoms with van der Waals surface area (Å²) in [6.07, 6.45) is -0.696. The average Bonchev–Trinajstić information content (AvgIpc) is 2.14. The Morgan fingerprint density at radius 1 is 1.53 bits per heavy atom. The van der Waals surface area contributed by atoms with E-state index in [0.29, 0.717) is 17.4 Å². The second-order valence-electron chi connectivity index (χ2n) is 2.82. The molecule has 82 valence electrons. The molecule has 0 aliphatic rings. The zero-order valence-corrected chi connectivity index (χ0v) is 11.3. The minimum absolute atomic E-state index is 0.294. The Morgan fingerprint density at radius 2 is 2.20 bits per heavy atom. The smallest absolute Gasteiger partial charge is 0.434 e. The molecule has 0 aromatic heterocycles. The Balaban J connectivity index is 2.86. The zero-order chi connectivity index (χ0) is 11.4. The van der Waals surface area contributed by atoms with Gasteiger partial charge in [-0.15, -0.1) is 0 Å². The molecule has 0 saturated carbocycles. The maximum Gasteiger partial charge on any atom is 0.513 e. The summed E-state index contributed by atoms with van der Waals surface area (Å²) >= 11 is 7.98. The number of carbonyl (C=O) groups is 1. The summed E-state index contributed by atoms with van der Waals surface area (Å²) in [6, 6.07) is 3.45. The summed E-state index contributed by atoms with van der Waals surface area (Å²) < 4.78 is 10.5. The molecule has 0 spiro atoms. The predicted molar refractivity (Wildman–Crippen MR) is 66.6 cm³/mol. The van der Waals surface area contributed by atoms with Crippen LogP contribution in [0, 0.1) is 10.5 Å². The zero-order valence-electron chi connectivity index (χ0n) is 8.34. The second kappa shape index (κ2) is 5.55. The van der Waals surface area contributed by atoms with Crippen LogP contribution in [0.2, 0.25) is 5.02 Å². The Morgan fingerprint density at radius 3 is 2.80 bits per heavy atom. The molecule has 0 heterocycles. The topological polar surface area (TPSA) is 35.5 Å². The molecule has 1 aromatic carbocycles. The lowest BCUT2D eigenvalue weighted by Crippen LogP contribution is -2.10. The highest BCUT2D eigenvalue weighted by Crippen LogP contribution is 2.27. The van der Waals surface area contributed by atoms with Gasteiger partial charge in [0.1, 0.15) is 5.75 Å². The van der Waals surface area contributed by atoms with Crippen LogP contribution in [-0.2, 0) is 4.74 Å². The number of aryl methyl sites for hydroxylation is 1. The van der Waals surface area contributed by atoms with Crippen LogP contribution in [-0.4, -0.2) is 12.8 Å². The summed E-state index contributed by atoms with van der Waals surface area (Å²) in [5.41, 5.74) is 0.800. The minimum Gasteiger partial charge on any atom is -0.434 e. The lowest BCUT2D eigenvalue weighted by molar-refractivity contribution is 0.104. The number of ether oxygens (including phenoxy) is 2. The van der Waals surface area contributed by atoms with Crippen molar-refractivity contribution in [3.05, 3.63) is 26.3 Å². The molecule has 0 unspecified atom stereocenters. The molecular weight excluding hydrogens is 330 g/mol. The van der Waals surface area contributed by atoms with Gasteiger partial charge in [-0.1, -0.05) is 11.6 Å². The van der Waals surface area contributed by atoms with Crippen LogP contribution in [0.4, 0.5) is 4.79 Å². The van der Waals surface area contributed by atoms with E-state index in [9.17, 15) is 4.79 Å². The summed E-state index contributed by atoms with van der Waals surface area (Å²) in [6.45, 7) is 3.83. The van der Waals surface area contributed by atoms with E-state index in [-0.39, 0.29) is 0 Å². The molecule has 0 amide bonds. The molecular formula is C10H10ClIO3. The number of hydrogen-bond acceptors (Lipinski definition) is 3. The van der Waals surface area contributed by atoms with E-state index in [0.717, 1.165) is 9.13 Å². The lowest BCUT2D eigenvalue weighted by Gasteiger charge is -2.08. The van der Waals surface area contributed by atoms with Crippen molar-refractivity contribution in [2.24, 2.45) is 0 Å². The van der Waals surface area contributed by atoms with Gasteiger partial charge >= 0.3 is 6.16 Å². The van der Waals surface area contributed by atoms with Gasteiger partial charge in [0.2, 0.25) is 0 Å². The van der Waals surface area contributed by atoms with E-state index in [4.69, 9.17) is 16.3 Å². The van der Waals surface area contributed by atoms with Crippen LogP contribution in [0.25, 0.3) is 0 Å². The SMILES string of the molecule is CCOC(=O)Oc1cc(I)c(Cl)cc1C. The molecule has 15 heavy (non-hydrogen) atoms. The molecule has 1 rings (SSSR count). The standard InChI is InChI=1S/C10H10ClIO3/c1-3-14-10(13)15-9-5-8(12)7(11)4-6(9)2/h4-5H,3H2,1-2H3. The van der Waals surface area contributed by atoms with E-state index in [2.05, 4.69) is 27.3 Å². The molecule has 0 N–H and O–H groups in total. The maximum absolute atomic E-state index is 11.1. The monoisotopic (exact) mass is 340 g/mol. The van der Waals surface area contributed by atoms with Crippen molar-refractivity contribution in [2.45, 2.75) is 13.8 Å². The average molecular weight is 341 g/mol.